The summed E-state index contributed by atoms with van der Waals surface area (Å²) in [6.07, 6.45) is 0.0767. The fourth-order valence-electron chi connectivity index (χ4n) is 7.12. The molecule has 2 aromatic rings. The van der Waals surface area contributed by atoms with E-state index in [2.05, 4.69) is 5.32 Å². The molecule has 226 valence electrons. The van der Waals surface area contributed by atoms with Gasteiger partial charge in [-0.2, -0.15) is 0 Å². The fourth-order valence-corrected chi connectivity index (χ4v) is 7.12. The summed E-state index contributed by atoms with van der Waals surface area (Å²) in [5.74, 6) is -11.8. The molecule has 2 aromatic carbocycles. The van der Waals surface area contributed by atoms with Crippen molar-refractivity contribution in [3.63, 3.8) is 0 Å². The molecule has 3 aliphatic carbocycles. The Labute approximate surface area is 247 Å². The number of aromatic hydroxyl groups is 1. The number of rotatable bonds is 6. The molecule has 5 N–H and O–H groups in total. The summed E-state index contributed by atoms with van der Waals surface area (Å²) in [5.41, 5.74) is 4.05. The molecule has 0 saturated heterocycles. The lowest BCUT2D eigenvalue weighted by Gasteiger charge is -2.52. The molecule has 0 aromatic heterocycles. The number of ketones is 4. The normalized spacial score (nSPS) is 28.2. The minimum atomic E-state index is -2.81. The van der Waals surface area contributed by atoms with Crippen LogP contribution in [0.1, 0.15) is 27.9 Å². The van der Waals surface area contributed by atoms with E-state index in [1.165, 1.54) is 19.0 Å². The number of hydrogen-bond acceptors (Lipinski definition) is 10. The van der Waals surface area contributed by atoms with Crippen molar-refractivity contribution in [1.29, 1.82) is 0 Å². The van der Waals surface area contributed by atoms with Gasteiger partial charge in [0.25, 0.3) is 0 Å². The predicted octanol–water partition coefficient (Wildman–Crippen LogP) is 0.114. The highest BCUT2D eigenvalue weighted by atomic mass is 16.3. The van der Waals surface area contributed by atoms with Gasteiger partial charge in [0.15, 0.2) is 34.7 Å². The van der Waals surface area contributed by atoms with Crippen molar-refractivity contribution >= 4 is 46.3 Å². The standard InChI is InChI=1S/C31H34N4O8/c1-34(2)19-13-18(33-20(36)10-14-8-6-5-7-9-14)25(37)22-16(19)11-15-12-17-24(35(3)4)27(39)23(30(32)42)29(41)31(17,43)28(40)21(15)26(22)38/h5-9,13,15,17,21,23-24,37,43H,10-12H2,1-4H3,(H2,32,42)(H,33,36)/t15?,17?,21?,23?,24-,31-/m1/s1. The zero-order chi connectivity index (χ0) is 31.5. The fraction of sp³-hybridized carbons (Fsp3) is 0.419. The Balaban J connectivity index is 1.58. The number of Topliss-reactive ketones (excluding diaryl/α,β-unsaturated/α-hetero) is 4. The van der Waals surface area contributed by atoms with E-state index < -0.39 is 76.0 Å². The molecule has 3 aliphatic rings. The lowest BCUT2D eigenvalue weighted by atomic mass is 9.52. The first-order chi connectivity index (χ1) is 20.2. The summed E-state index contributed by atoms with van der Waals surface area (Å²) < 4.78 is 0. The molecule has 2 saturated carbocycles. The van der Waals surface area contributed by atoms with Gasteiger partial charge in [0.05, 0.1) is 29.6 Å². The highest BCUT2D eigenvalue weighted by Gasteiger charge is 2.69. The van der Waals surface area contributed by atoms with Crippen LogP contribution in [0.15, 0.2) is 36.4 Å². The first kappa shape index (κ1) is 30.1. The van der Waals surface area contributed by atoms with Crippen molar-refractivity contribution in [2.75, 3.05) is 38.4 Å². The molecule has 5 rings (SSSR count). The quantitative estimate of drug-likeness (QED) is 0.266. The Morgan fingerprint density at radius 3 is 2.28 bits per heavy atom. The SMILES string of the molecule is CN(C)c1cc(NC(=O)Cc2ccccc2)c(O)c2c1CC1CC3[C@@H](N(C)C)C(=O)C(C(N)=O)C(=O)[C@]3(O)C(=O)C1C2=O. The van der Waals surface area contributed by atoms with Crippen LogP contribution in [0.3, 0.4) is 0 Å². The van der Waals surface area contributed by atoms with Crippen molar-refractivity contribution in [2.45, 2.75) is 30.9 Å². The Morgan fingerprint density at radius 1 is 1.05 bits per heavy atom. The van der Waals surface area contributed by atoms with Crippen molar-refractivity contribution in [3.8, 4) is 5.75 Å². The number of carbonyl (C=O) groups excluding carboxylic acids is 6. The summed E-state index contributed by atoms with van der Waals surface area (Å²) in [6, 6.07) is 9.33. The maximum Gasteiger partial charge on any atom is 0.235 e. The first-order valence-electron chi connectivity index (χ1n) is 13.9. The molecule has 2 fully saturated rings. The van der Waals surface area contributed by atoms with E-state index in [9.17, 15) is 39.0 Å². The molecule has 0 heterocycles. The summed E-state index contributed by atoms with van der Waals surface area (Å²) in [5, 5.41) is 25.7. The zero-order valence-corrected chi connectivity index (χ0v) is 24.3. The van der Waals surface area contributed by atoms with Gasteiger partial charge in [-0.3, -0.25) is 33.7 Å². The number of phenolic OH excluding ortho intramolecular Hbond substituents is 1. The molecule has 0 bridgehead atoms. The van der Waals surface area contributed by atoms with Crippen LogP contribution in [-0.2, 0) is 36.8 Å². The second-order valence-electron chi connectivity index (χ2n) is 12.0. The van der Waals surface area contributed by atoms with Crippen LogP contribution in [0.25, 0.3) is 0 Å². The molecular weight excluding hydrogens is 556 g/mol. The van der Waals surface area contributed by atoms with E-state index in [1.807, 2.05) is 6.07 Å². The third-order valence-corrected chi connectivity index (χ3v) is 9.00. The van der Waals surface area contributed by atoms with Crippen LogP contribution in [0.4, 0.5) is 11.4 Å². The van der Waals surface area contributed by atoms with E-state index in [-0.39, 0.29) is 30.5 Å². The van der Waals surface area contributed by atoms with Gasteiger partial charge < -0.3 is 26.2 Å². The Bertz CT molecular complexity index is 1570. The summed E-state index contributed by atoms with van der Waals surface area (Å²) >= 11 is 0. The number of nitrogens with zero attached hydrogens (tertiary/aromatic N) is 2. The van der Waals surface area contributed by atoms with Crippen molar-refractivity contribution < 1.29 is 39.0 Å². The second kappa shape index (κ2) is 10.7. The molecule has 2 amide bonds. The number of anilines is 2. The van der Waals surface area contributed by atoms with Gasteiger partial charge in [-0.05, 0) is 50.0 Å². The maximum absolute atomic E-state index is 14.1. The topological polar surface area (TPSA) is 187 Å². The Morgan fingerprint density at radius 2 is 1.70 bits per heavy atom. The second-order valence-corrected chi connectivity index (χ2v) is 12.0. The van der Waals surface area contributed by atoms with Crippen molar-refractivity contribution in [3.05, 3.63) is 53.1 Å². The van der Waals surface area contributed by atoms with E-state index in [4.69, 9.17) is 5.73 Å². The van der Waals surface area contributed by atoms with E-state index >= 15 is 0 Å². The minimum Gasteiger partial charge on any atom is -0.505 e. The zero-order valence-electron chi connectivity index (χ0n) is 24.3. The number of carbonyl (C=O) groups is 6. The Hall–Kier alpha value is -4.42. The average Bonchev–Trinajstić information content (AvgIpc) is 2.92. The van der Waals surface area contributed by atoms with E-state index in [0.29, 0.717) is 11.3 Å². The minimum absolute atomic E-state index is 0.00905. The number of nitrogens with two attached hydrogens (primary N) is 1. The number of benzene rings is 2. The number of primary amides is 1. The van der Waals surface area contributed by atoms with Crippen LogP contribution in [0.5, 0.6) is 5.75 Å². The van der Waals surface area contributed by atoms with Gasteiger partial charge in [-0.1, -0.05) is 30.3 Å². The number of nitrogens with one attached hydrogen (secondary N) is 1. The largest absolute Gasteiger partial charge is 0.505 e. The number of aliphatic hydroxyl groups is 1. The number of amides is 2. The number of hydrogen-bond donors (Lipinski definition) is 4. The molecular formula is C31H34N4O8. The molecule has 6 atom stereocenters. The smallest absolute Gasteiger partial charge is 0.235 e. The van der Waals surface area contributed by atoms with Gasteiger partial charge in [0.1, 0.15) is 5.75 Å². The van der Waals surface area contributed by atoms with Crippen LogP contribution in [0.2, 0.25) is 0 Å². The summed E-state index contributed by atoms with van der Waals surface area (Å²) in [7, 11) is 6.53. The number of fused-ring (bicyclic) bond motifs is 3. The number of likely N-dealkylation sites (N-methyl/N-ethyl adjacent to an activating group) is 1. The lowest BCUT2D eigenvalue weighted by molar-refractivity contribution is -0.181. The van der Waals surface area contributed by atoms with Crippen LogP contribution >= 0.6 is 0 Å². The van der Waals surface area contributed by atoms with E-state index in [1.54, 1.807) is 49.3 Å². The monoisotopic (exact) mass is 590 g/mol. The summed E-state index contributed by atoms with van der Waals surface area (Å²) in [6.45, 7) is 0. The van der Waals surface area contributed by atoms with Crippen LogP contribution in [-0.4, -0.2) is 89.9 Å². The van der Waals surface area contributed by atoms with Gasteiger partial charge in [0.2, 0.25) is 11.8 Å². The van der Waals surface area contributed by atoms with Crippen LogP contribution < -0.4 is 16.0 Å². The maximum atomic E-state index is 14.1. The van der Waals surface area contributed by atoms with Gasteiger partial charge in [-0.25, -0.2) is 0 Å². The predicted molar refractivity (Wildman–Crippen MR) is 154 cm³/mol. The molecule has 0 aliphatic heterocycles. The average molecular weight is 591 g/mol. The van der Waals surface area contributed by atoms with Gasteiger partial charge >= 0.3 is 0 Å². The van der Waals surface area contributed by atoms with Gasteiger partial charge in [-0.15, -0.1) is 0 Å². The molecule has 0 spiro atoms. The van der Waals surface area contributed by atoms with Crippen molar-refractivity contribution in [2.24, 2.45) is 29.4 Å². The molecule has 4 unspecified atom stereocenters. The van der Waals surface area contributed by atoms with Crippen molar-refractivity contribution in [1.82, 2.24) is 4.90 Å². The molecule has 12 nitrogen and oxygen atoms in total. The molecule has 0 radical (unpaired) electrons. The highest BCUT2D eigenvalue weighted by Crippen LogP contribution is 2.52. The Kier molecular flexibility index (Phi) is 7.47. The number of phenols is 1. The summed E-state index contributed by atoms with van der Waals surface area (Å²) in [4.78, 5) is 83.0. The first-order valence-corrected chi connectivity index (χ1v) is 13.9. The van der Waals surface area contributed by atoms with Gasteiger partial charge in [0, 0.05) is 25.7 Å². The third kappa shape index (κ3) is 4.61. The van der Waals surface area contributed by atoms with Crippen LogP contribution in [0, 0.1) is 23.7 Å². The highest BCUT2D eigenvalue weighted by molar-refractivity contribution is 6.32. The van der Waals surface area contributed by atoms with E-state index in [0.717, 1.165) is 5.56 Å². The molecule has 12 heteroatoms. The lowest BCUT2D eigenvalue weighted by Crippen LogP contribution is -2.74. The third-order valence-electron chi connectivity index (χ3n) is 9.00. The molecule has 43 heavy (non-hydrogen) atoms.